The van der Waals surface area contributed by atoms with Gasteiger partial charge in [-0.05, 0) is 50.7 Å². The van der Waals surface area contributed by atoms with Crippen molar-refractivity contribution in [3.8, 4) is 11.5 Å². The summed E-state index contributed by atoms with van der Waals surface area (Å²) < 4.78 is 0. The van der Waals surface area contributed by atoms with Crippen molar-refractivity contribution in [2.24, 2.45) is 0 Å². The summed E-state index contributed by atoms with van der Waals surface area (Å²) in [6.07, 6.45) is 11.0. The molecule has 0 radical (unpaired) electrons. The number of hydrogen-bond donors (Lipinski definition) is 1. The van der Waals surface area contributed by atoms with E-state index in [-0.39, 0.29) is 5.91 Å². The second kappa shape index (κ2) is 8.50. The first-order valence-electron chi connectivity index (χ1n) is 10.2. The van der Waals surface area contributed by atoms with Gasteiger partial charge < -0.3 is 10.2 Å². The van der Waals surface area contributed by atoms with Crippen LogP contribution < -0.4 is 5.32 Å². The molecule has 6 nitrogen and oxygen atoms in total. The lowest BCUT2D eigenvalue weighted by Crippen LogP contribution is -2.35. The molecule has 1 aliphatic heterocycles. The summed E-state index contributed by atoms with van der Waals surface area (Å²) in [7, 11) is 0. The Balaban J connectivity index is 1.59. The Morgan fingerprint density at radius 1 is 1.21 bits per heavy atom. The molecule has 1 amide bonds. The van der Waals surface area contributed by atoms with E-state index in [9.17, 15) is 4.79 Å². The zero-order chi connectivity index (χ0) is 19.3. The highest BCUT2D eigenvalue weighted by atomic mass is 16.2. The Hall–Kier alpha value is -2.76. The summed E-state index contributed by atoms with van der Waals surface area (Å²) in [6.45, 7) is 3.73. The highest BCUT2D eigenvalue weighted by molar-refractivity contribution is 5.74. The van der Waals surface area contributed by atoms with Crippen LogP contribution in [0.25, 0.3) is 11.5 Å². The molecule has 0 saturated heterocycles. The van der Waals surface area contributed by atoms with Crippen molar-refractivity contribution in [2.75, 3.05) is 18.4 Å². The van der Waals surface area contributed by atoms with Gasteiger partial charge in [-0.25, -0.2) is 9.97 Å². The summed E-state index contributed by atoms with van der Waals surface area (Å²) in [4.78, 5) is 27.6. The van der Waals surface area contributed by atoms with E-state index in [1.165, 1.54) is 25.7 Å². The molecule has 28 heavy (non-hydrogen) atoms. The molecule has 0 spiro atoms. The van der Waals surface area contributed by atoms with Crippen molar-refractivity contribution < 1.29 is 4.79 Å². The predicted molar refractivity (Wildman–Crippen MR) is 110 cm³/mol. The van der Waals surface area contributed by atoms with Gasteiger partial charge in [-0.3, -0.25) is 9.78 Å². The molecule has 4 rings (SSSR count). The molecule has 2 aromatic rings. The third-order valence-electron chi connectivity index (χ3n) is 5.53. The van der Waals surface area contributed by atoms with E-state index in [2.05, 4.69) is 16.4 Å². The molecule has 0 unspecified atom stereocenters. The zero-order valence-electron chi connectivity index (χ0n) is 16.4. The molecule has 0 saturated carbocycles. The SMILES string of the molecule is CC(=O)N1CCc2c(nc(-c3ccccn3)nc2NCCC2=CCCCC2)C1. The molecule has 3 heterocycles. The number of pyridine rings is 1. The van der Waals surface area contributed by atoms with Gasteiger partial charge in [-0.15, -0.1) is 0 Å². The second-order valence-electron chi connectivity index (χ2n) is 7.51. The average Bonchev–Trinajstić information content (AvgIpc) is 2.74. The van der Waals surface area contributed by atoms with Crippen molar-refractivity contribution in [1.29, 1.82) is 0 Å². The van der Waals surface area contributed by atoms with Gasteiger partial charge in [0, 0.05) is 31.8 Å². The van der Waals surface area contributed by atoms with Crippen LogP contribution in [0.2, 0.25) is 0 Å². The maximum absolute atomic E-state index is 11.8. The van der Waals surface area contributed by atoms with Gasteiger partial charge in [0.15, 0.2) is 5.82 Å². The van der Waals surface area contributed by atoms with Crippen LogP contribution in [-0.2, 0) is 17.8 Å². The molecule has 146 valence electrons. The molecule has 6 heteroatoms. The molecule has 2 aromatic heterocycles. The third kappa shape index (κ3) is 4.21. The highest BCUT2D eigenvalue weighted by Crippen LogP contribution is 2.27. The van der Waals surface area contributed by atoms with Crippen LogP contribution in [0.15, 0.2) is 36.0 Å². The Labute approximate surface area is 166 Å². The molecular weight excluding hydrogens is 350 g/mol. The van der Waals surface area contributed by atoms with Gasteiger partial charge in [0.05, 0.1) is 12.2 Å². The number of fused-ring (bicyclic) bond motifs is 1. The lowest BCUT2D eigenvalue weighted by Gasteiger charge is -2.28. The fourth-order valence-corrected chi connectivity index (χ4v) is 3.93. The second-order valence-corrected chi connectivity index (χ2v) is 7.51. The zero-order valence-corrected chi connectivity index (χ0v) is 16.4. The number of allylic oxidation sites excluding steroid dienone is 1. The first-order valence-corrected chi connectivity index (χ1v) is 10.2. The minimum absolute atomic E-state index is 0.0855. The molecule has 2 aliphatic rings. The minimum Gasteiger partial charge on any atom is -0.369 e. The lowest BCUT2D eigenvalue weighted by molar-refractivity contribution is -0.129. The van der Waals surface area contributed by atoms with Gasteiger partial charge in [-0.1, -0.05) is 17.7 Å². The molecule has 1 N–H and O–H groups in total. The first-order chi connectivity index (χ1) is 13.7. The van der Waals surface area contributed by atoms with Crippen LogP contribution in [0.4, 0.5) is 5.82 Å². The Bertz CT molecular complexity index is 878. The highest BCUT2D eigenvalue weighted by Gasteiger charge is 2.24. The fourth-order valence-electron chi connectivity index (χ4n) is 3.93. The van der Waals surface area contributed by atoms with E-state index in [1.54, 1.807) is 18.7 Å². The number of aromatic nitrogens is 3. The number of nitrogens with zero attached hydrogens (tertiary/aromatic N) is 4. The number of amides is 1. The van der Waals surface area contributed by atoms with Gasteiger partial charge in [0.1, 0.15) is 11.5 Å². The van der Waals surface area contributed by atoms with E-state index in [0.717, 1.165) is 42.2 Å². The van der Waals surface area contributed by atoms with E-state index in [4.69, 9.17) is 9.97 Å². The van der Waals surface area contributed by atoms with Gasteiger partial charge in [-0.2, -0.15) is 0 Å². The van der Waals surface area contributed by atoms with Crippen molar-refractivity contribution >= 4 is 11.7 Å². The fraction of sp³-hybridized carbons (Fsp3) is 0.455. The van der Waals surface area contributed by atoms with Crippen LogP contribution >= 0.6 is 0 Å². The van der Waals surface area contributed by atoms with Crippen LogP contribution in [0.5, 0.6) is 0 Å². The van der Waals surface area contributed by atoms with Crippen LogP contribution in [0.3, 0.4) is 0 Å². The van der Waals surface area contributed by atoms with Gasteiger partial charge in [0.25, 0.3) is 0 Å². The Morgan fingerprint density at radius 2 is 2.14 bits per heavy atom. The normalized spacial score (nSPS) is 16.3. The first kappa shape index (κ1) is 18.6. The van der Waals surface area contributed by atoms with E-state index in [0.29, 0.717) is 18.9 Å². The van der Waals surface area contributed by atoms with Crippen LogP contribution in [-0.4, -0.2) is 38.8 Å². The maximum atomic E-state index is 11.8. The molecular formula is C22H27N5O. The number of hydrogen-bond acceptors (Lipinski definition) is 5. The predicted octanol–water partition coefficient (Wildman–Crippen LogP) is 3.75. The lowest BCUT2D eigenvalue weighted by atomic mass is 9.97. The largest absolute Gasteiger partial charge is 0.369 e. The van der Waals surface area contributed by atoms with Crippen molar-refractivity contribution in [2.45, 2.75) is 52.0 Å². The number of carbonyl (C=O) groups excluding carboxylic acids is 1. The summed E-state index contributed by atoms with van der Waals surface area (Å²) in [6, 6.07) is 5.75. The maximum Gasteiger partial charge on any atom is 0.219 e. The number of nitrogens with one attached hydrogen (secondary N) is 1. The van der Waals surface area contributed by atoms with Crippen LogP contribution in [0, 0.1) is 0 Å². The van der Waals surface area contributed by atoms with Crippen molar-refractivity contribution in [1.82, 2.24) is 19.9 Å². The van der Waals surface area contributed by atoms with E-state index < -0.39 is 0 Å². The minimum atomic E-state index is 0.0855. The number of anilines is 1. The van der Waals surface area contributed by atoms with Crippen LogP contribution in [0.1, 0.15) is 50.3 Å². The Kier molecular flexibility index (Phi) is 5.65. The summed E-state index contributed by atoms with van der Waals surface area (Å²) in [5.74, 6) is 1.59. The molecule has 0 fully saturated rings. The Morgan fingerprint density at radius 3 is 2.89 bits per heavy atom. The third-order valence-corrected chi connectivity index (χ3v) is 5.53. The molecule has 0 bridgehead atoms. The number of carbonyl (C=O) groups is 1. The van der Waals surface area contributed by atoms with Gasteiger partial charge >= 0.3 is 0 Å². The van der Waals surface area contributed by atoms with E-state index >= 15 is 0 Å². The standard InChI is InChI=1S/C22H27N5O/c1-16(28)27-14-11-18-20(15-27)25-22(19-9-5-6-12-23-19)26-21(18)24-13-10-17-7-3-2-4-8-17/h5-7,9,12H,2-4,8,10-11,13-15H2,1H3,(H,24,25,26). The molecule has 0 aromatic carbocycles. The van der Waals surface area contributed by atoms with E-state index in [1.807, 2.05) is 23.1 Å². The molecule has 1 aliphatic carbocycles. The average molecular weight is 377 g/mol. The van der Waals surface area contributed by atoms with Crippen molar-refractivity contribution in [3.63, 3.8) is 0 Å². The van der Waals surface area contributed by atoms with Crippen molar-refractivity contribution in [3.05, 3.63) is 47.3 Å². The summed E-state index contributed by atoms with van der Waals surface area (Å²) >= 11 is 0. The monoisotopic (exact) mass is 377 g/mol. The summed E-state index contributed by atoms with van der Waals surface area (Å²) in [5, 5.41) is 3.55. The quantitative estimate of drug-likeness (QED) is 0.804. The summed E-state index contributed by atoms with van der Waals surface area (Å²) in [5.41, 5.74) is 4.36. The van der Waals surface area contributed by atoms with Gasteiger partial charge in [0.2, 0.25) is 5.91 Å². The molecule has 0 atom stereocenters. The topological polar surface area (TPSA) is 71.0 Å². The number of rotatable bonds is 5. The smallest absolute Gasteiger partial charge is 0.219 e.